The van der Waals surface area contributed by atoms with E-state index in [0.717, 1.165) is 11.3 Å². The number of nitro benzene ring substituents is 1. The predicted molar refractivity (Wildman–Crippen MR) is 74.8 cm³/mol. The molecule has 6 heteroatoms. The summed E-state index contributed by atoms with van der Waals surface area (Å²) in [7, 11) is 0. The molecular formula is C13H13BrN2O3. The van der Waals surface area contributed by atoms with Crippen LogP contribution in [0.4, 0.5) is 5.69 Å². The molecule has 2 aromatic rings. The Morgan fingerprint density at radius 1 is 1.42 bits per heavy atom. The fraction of sp³-hybridized carbons (Fsp3) is 0.231. The number of nitro groups is 1. The third-order valence-electron chi connectivity index (χ3n) is 2.75. The molecule has 19 heavy (non-hydrogen) atoms. The molecule has 0 radical (unpaired) electrons. The number of nitrogens with one attached hydrogen (secondary N) is 1. The van der Waals surface area contributed by atoms with E-state index in [1.807, 2.05) is 25.1 Å². The molecule has 5 nitrogen and oxygen atoms in total. The van der Waals surface area contributed by atoms with E-state index in [1.54, 1.807) is 12.1 Å². The van der Waals surface area contributed by atoms with Crippen LogP contribution in [0.25, 0.3) is 0 Å². The SMILES string of the molecule is CC(NCc1cccc([N+](=O)[O-])c1)c1ccc(Br)o1. The van der Waals surface area contributed by atoms with Gasteiger partial charge in [0.05, 0.1) is 11.0 Å². The first-order chi connectivity index (χ1) is 9.06. The van der Waals surface area contributed by atoms with Crippen molar-refractivity contribution < 1.29 is 9.34 Å². The molecule has 1 aromatic heterocycles. The Morgan fingerprint density at radius 2 is 2.21 bits per heavy atom. The summed E-state index contributed by atoms with van der Waals surface area (Å²) in [6.45, 7) is 2.52. The number of hydrogen-bond acceptors (Lipinski definition) is 4. The van der Waals surface area contributed by atoms with Gasteiger partial charge in [0.25, 0.3) is 5.69 Å². The average Bonchev–Trinajstić information content (AvgIpc) is 2.83. The van der Waals surface area contributed by atoms with Crippen molar-refractivity contribution >= 4 is 21.6 Å². The lowest BCUT2D eigenvalue weighted by Crippen LogP contribution is -2.17. The molecule has 0 saturated carbocycles. The van der Waals surface area contributed by atoms with E-state index in [2.05, 4.69) is 21.2 Å². The predicted octanol–water partition coefficient (Wildman–Crippen LogP) is 3.80. The summed E-state index contributed by atoms with van der Waals surface area (Å²) >= 11 is 3.25. The van der Waals surface area contributed by atoms with Gasteiger partial charge in [0.15, 0.2) is 4.67 Å². The third-order valence-corrected chi connectivity index (χ3v) is 3.18. The first-order valence-corrected chi connectivity index (χ1v) is 6.57. The minimum absolute atomic E-state index is 0.0329. The maximum atomic E-state index is 10.7. The molecule has 0 amide bonds. The number of non-ortho nitro benzene ring substituents is 1. The zero-order valence-electron chi connectivity index (χ0n) is 10.3. The molecule has 0 bridgehead atoms. The molecule has 0 fully saturated rings. The summed E-state index contributed by atoms with van der Waals surface area (Å²) in [5.74, 6) is 0.817. The van der Waals surface area contributed by atoms with Crippen LogP contribution in [0.2, 0.25) is 0 Å². The van der Waals surface area contributed by atoms with Gasteiger partial charge in [-0.25, -0.2) is 0 Å². The standard InChI is InChI=1S/C13H13BrN2O3/c1-9(12-5-6-13(14)19-12)15-8-10-3-2-4-11(7-10)16(17)18/h2-7,9,15H,8H2,1H3. The molecule has 2 rings (SSSR count). The molecule has 0 spiro atoms. The summed E-state index contributed by atoms with van der Waals surface area (Å²) in [5, 5.41) is 13.9. The molecule has 1 aromatic carbocycles. The van der Waals surface area contributed by atoms with Gasteiger partial charge in [-0.2, -0.15) is 0 Å². The molecule has 1 heterocycles. The van der Waals surface area contributed by atoms with Crippen LogP contribution in [0.5, 0.6) is 0 Å². The van der Waals surface area contributed by atoms with Gasteiger partial charge < -0.3 is 9.73 Å². The molecular weight excluding hydrogens is 312 g/mol. The highest BCUT2D eigenvalue weighted by molar-refractivity contribution is 9.10. The van der Waals surface area contributed by atoms with Gasteiger partial charge >= 0.3 is 0 Å². The van der Waals surface area contributed by atoms with Crippen molar-refractivity contribution in [1.29, 1.82) is 0 Å². The average molecular weight is 325 g/mol. The summed E-state index contributed by atoms with van der Waals surface area (Å²) in [4.78, 5) is 10.3. The van der Waals surface area contributed by atoms with Gasteiger partial charge in [-0.15, -0.1) is 0 Å². The second-order valence-corrected chi connectivity index (χ2v) is 4.95. The monoisotopic (exact) mass is 324 g/mol. The molecule has 1 atom stereocenters. The van der Waals surface area contributed by atoms with Crippen molar-refractivity contribution in [3.8, 4) is 0 Å². The Labute approximate surface area is 118 Å². The van der Waals surface area contributed by atoms with E-state index in [0.29, 0.717) is 11.2 Å². The second kappa shape index (κ2) is 5.99. The molecule has 0 aliphatic rings. The Kier molecular flexibility index (Phi) is 4.34. The smallest absolute Gasteiger partial charge is 0.269 e. The summed E-state index contributed by atoms with van der Waals surface area (Å²) < 4.78 is 6.13. The maximum Gasteiger partial charge on any atom is 0.269 e. The largest absolute Gasteiger partial charge is 0.453 e. The number of rotatable bonds is 5. The van der Waals surface area contributed by atoms with Crippen LogP contribution in [0.1, 0.15) is 24.3 Å². The Balaban J connectivity index is 1.98. The highest BCUT2D eigenvalue weighted by Crippen LogP contribution is 2.20. The zero-order chi connectivity index (χ0) is 13.8. The van der Waals surface area contributed by atoms with Crippen LogP contribution in [0.3, 0.4) is 0 Å². The van der Waals surface area contributed by atoms with Crippen molar-refractivity contribution in [1.82, 2.24) is 5.32 Å². The lowest BCUT2D eigenvalue weighted by atomic mass is 10.2. The van der Waals surface area contributed by atoms with Crippen molar-refractivity contribution in [2.24, 2.45) is 0 Å². The highest BCUT2D eigenvalue weighted by Gasteiger charge is 2.10. The van der Waals surface area contributed by atoms with Crippen LogP contribution < -0.4 is 5.32 Å². The number of hydrogen-bond donors (Lipinski definition) is 1. The number of benzene rings is 1. The van der Waals surface area contributed by atoms with Crippen molar-refractivity contribution in [2.75, 3.05) is 0 Å². The Bertz CT molecular complexity index is 583. The van der Waals surface area contributed by atoms with Crippen LogP contribution in [0.15, 0.2) is 45.5 Å². The zero-order valence-corrected chi connectivity index (χ0v) is 11.9. The summed E-state index contributed by atoms with van der Waals surface area (Å²) in [6, 6.07) is 10.3. The van der Waals surface area contributed by atoms with E-state index >= 15 is 0 Å². The van der Waals surface area contributed by atoms with Crippen molar-refractivity contribution in [2.45, 2.75) is 19.5 Å². The van der Waals surface area contributed by atoms with E-state index in [-0.39, 0.29) is 11.7 Å². The first kappa shape index (κ1) is 13.8. The minimum atomic E-state index is -0.392. The van der Waals surface area contributed by atoms with Gasteiger partial charge in [0.1, 0.15) is 5.76 Å². The number of furan rings is 1. The highest BCUT2D eigenvalue weighted by atomic mass is 79.9. The second-order valence-electron chi connectivity index (χ2n) is 4.17. The third kappa shape index (κ3) is 3.65. The summed E-state index contributed by atoms with van der Waals surface area (Å²) in [5.41, 5.74) is 0.972. The van der Waals surface area contributed by atoms with E-state index in [9.17, 15) is 10.1 Å². The number of halogens is 1. The van der Waals surface area contributed by atoms with Crippen LogP contribution in [0, 0.1) is 10.1 Å². The minimum Gasteiger partial charge on any atom is -0.453 e. The fourth-order valence-electron chi connectivity index (χ4n) is 1.71. The van der Waals surface area contributed by atoms with E-state index in [4.69, 9.17) is 4.42 Å². The van der Waals surface area contributed by atoms with Gasteiger partial charge in [0.2, 0.25) is 0 Å². The van der Waals surface area contributed by atoms with E-state index < -0.39 is 4.92 Å². The van der Waals surface area contributed by atoms with Crippen molar-refractivity contribution in [3.05, 3.63) is 62.5 Å². The quantitative estimate of drug-likeness (QED) is 0.670. The lowest BCUT2D eigenvalue weighted by Gasteiger charge is -2.11. The van der Waals surface area contributed by atoms with Crippen molar-refractivity contribution in [3.63, 3.8) is 0 Å². The Hall–Kier alpha value is -1.66. The normalized spacial score (nSPS) is 12.3. The van der Waals surface area contributed by atoms with Gasteiger partial charge in [-0.3, -0.25) is 10.1 Å². The molecule has 100 valence electrons. The van der Waals surface area contributed by atoms with Crippen LogP contribution in [-0.4, -0.2) is 4.92 Å². The van der Waals surface area contributed by atoms with E-state index in [1.165, 1.54) is 6.07 Å². The topological polar surface area (TPSA) is 68.3 Å². The number of nitrogens with zero attached hydrogens (tertiary/aromatic N) is 1. The molecule has 0 aliphatic carbocycles. The van der Waals surface area contributed by atoms with Crippen LogP contribution >= 0.6 is 15.9 Å². The fourth-order valence-corrected chi connectivity index (χ4v) is 2.03. The van der Waals surface area contributed by atoms with Gasteiger partial charge in [-0.05, 0) is 40.5 Å². The van der Waals surface area contributed by atoms with Crippen LogP contribution in [-0.2, 0) is 6.54 Å². The first-order valence-electron chi connectivity index (χ1n) is 5.78. The van der Waals surface area contributed by atoms with Gasteiger partial charge in [0, 0.05) is 18.7 Å². The molecule has 0 aliphatic heterocycles. The molecule has 1 N–H and O–H groups in total. The maximum absolute atomic E-state index is 10.7. The molecule has 1 unspecified atom stereocenters. The van der Waals surface area contributed by atoms with Gasteiger partial charge in [-0.1, -0.05) is 12.1 Å². The Morgan fingerprint density at radius 3 is 2.84 bits per heavy atom. The summed E-state index contributed by atoms with van der Waals surface area (Å²) in [6.07, 6.45) is 0. The lowest BCUT2D eigenvalue weighted by molar-refractivity contribution is -0.384. The molecule has 0 saturated heterocycles.